The number of ether oxygens (including phenoxy) is 1. The largest absolute Gasteiger partial charge is 0.485 e. The van der Waals surface area contributed by atoms with E-state index in [1.165, 1.54) is 0 Å². The normalized spacial score (nSPS) is 10.4. The Morgan fingerprint density at radius 3 is 2.53 bits per heavy atom. The van der Waals surface area contributed by atoms with E-state index < -0.39 is 0 Å². The van der Waals surface area contributed by atoms with Crippen molar-refractivity contribution in [3.05, 3.63) is 90.2 Å². The molecule has 2 heterocycles. The summed E-state index contributed by atoms with van der Waals surface area (Å²) in [7, 11) is 0. The second kappa shape index (κ2) is 8.87. The van der Waals surface area contributed by atoms with Crippen molar-refractivity contribution >= 4 is 23.1 Å². The molecule has 0 fully saturated rings. The van der Waals surface area contributed by atoms with Gasteiger partial charge in [-0.3, -0.25) is 4.79 Å². The van der Waals surface area contributed by atoms with Gasteiger partial charge in [-0.15, -0.1) is 0 Å². The van der Waals surface area contributed by atoms with Crippen molar-refractivity contribution in [2.75, 3.05) is 10.6 Å². The van der Waals surface area contributed by atoms with Crippen molar-refractivity contribution in [2.24, 2.45) is 0 Å². The van der Waals surface area contributed by atoms with E-state index in [9.17, 15) is 4.79 Å². The predicted molar refractivity (Wildman–Crippen MR) is 112 cm³/mol. The monoisotopic (exact) mass is 401 g/mol. The minimum absolute atomic E-state index is 0.100. The van der Waals surface area contributed by atoms with Crippen LogP contribution in [0.5, 0.6) is 5.75 Å². The van der Waals surface area contributed by atoms with E-state index in [4.69, 9.17) is 9.26 Å². The van der Waals surface area contributed by atoms with E-state index in [1.807, 2.05) is 30.3 Å². The number of aromatic nitrogens is 3. The summed E-state index contributed by atoms with van der Waals surface area (Å²) in [6.45, 7) is 1.80. The minimum Gasteiger partial charge on any atom is -0.485 e. The van der Waals surface area contributed by atoms with Crippen LogP contribution in [0.2, 0.25) is 0 Å². The molecule has 0 aliphatic heterocycles. The number of benzene rings is 2. The molecule has 1 amide bonds. The number of nitrogens with one attached hydrogen (secondary N) is 2. The standard InChI is InChI=1S/C22H19N5O3/c1-15-24-21(27-30-15)14-29-19-10-6-5-9-18(19)22(28)26-17-11-12-20(23-13-17)25-16-7-3-2-4-8-16/h2-13H,14H2,1H3,(H,23,25)(H,26,28). The molecule has 8 heteroatoms. The molecule has 2 N–H and O–H groups in total. The molecule has 4 rings (SSSR count). The van der Waals surface area contributed by atoms with Gasteiger partial charge in [0.15, 0.2) is 6.61 Å². The van der Waals surface area contributed by atoms with Crippen LogP contribution in [0.1, 0.15) is 22.1 Å². The maximum Gasteiger partial charge on any atom is 0.259 e. The lowest BCUT2D eigenvalue weighted by Gasteiger charge is -2.11. The Morgan fingerprint density at radius 1 is 1.00 bits per heavy atom. The van der Waals surface area contributed by atoms with Gasteiger partial charge in [-0.05, 0) is 36.4 Å². The zero-order valence-electron chi connectivity index (χ0n) is 16.2. The van der Waals surface area contributed by atoms with Gasteiger partial charge >= 0.3 is 0 Å². The molecule has 2 aromatic carbocycles. The summed E-state index contributed by atoms with van der Waals surface area (Å²) in [5, 5.41) is 9.81. The molecule has 8 nitrogen and oxygen atoms in total. The summed E-state index contributed by atoms with van der Waals surface area (Å²) in [4.78, 5) is 21.2. The highest BCUT2D eigenvalue weighted by Gasteiger charge is 2.14. The number of hydrogen-bond acceptors (Lipinski definition) is 7. The van der Waals surface area contributed by atoms with Crippen LogP contribution in [0, 0.1) is 6.92 Å². The first kappa shape index (κ1) is 19.1. The third-order valence-electron chi connectivity index (χ3n) is 4.13. The first-order chi connectivity index (χ1) is 14.7. The van der Waals surface area contributed by atoms with Crippen molar-refractivity contribution in [1.29, 1.82) is 0 Å². The van der Waals surface area contributed by atoms with Gasteiger partial charge in [0.25, 0.3) is 5.91 Å². The van der Waals surface area contributed by atoms with Crippen LogP contribution in [0.4, 0.5) is 17.2 Å². The number of nitrogens with zero attached hydrogens (tertiary/aromatic N) is 3. The summed E-state index contributed by atoms with van der Waals surface area (Å²) in [6, 6.07) is 20.3. The fourth-order valence-corrected chi connectivity index (χ4v) is 2.73. The fraction of sp³-hybridized carbons (Fsp3) is 0.0909. The second-order valence-electron chi connectivity index (χ2n) is 6.39. The molecule has 0 bridgehead atoms. The van der Waals surface area contributed by atoms with Crippen LogP contribution < -0.4 is 15.4 Å². The number of carbonyl (C=O) groups excluding carboxylic acids is 1. The third-order valence-corrected chi connectivity index (χ3v) is 4.13. The van der Waals surface area contributed by atoms with Crippen molar-refractivity contribution in [3.8, 4) is 5.75 Å². The first-order valence-electron chi connectivity index (χ1n) is 9.28. The van der Waals surface area contributed by atoms with Crippen LogP contribution >= 0.6 is 0 Å². The van der Waals surface area contributed by atoms with Gasteiger partial charge in [-0.25, -0.2) is 4.98 Å². The molecule has 4 aromatic rings. The number of aryl methyl sites for hydroxylation is 1. The average Bonchev–Trinajstić information content (AvgIpc) is 3.20. The van der Waals surface area contributed by atoms with E-state index in [1.54, 1.807) is 49.5 Å². The lowest BCUT2D eigenvalue weighted by atomic mass is 10.2. The van der Waals surface area contributed by atoms with E-state index in [0.717, 1.165) is 5.69 Å². The van der Waals surface area contributed by atoms with E-state index >= 15 is 0 Å². The highest BCUT2D eigenvalue weighted by atomic mass is 16.5. The summed E-state index contributed by atoms with van der Waals surface area (Å²) >= 11 is 0. The van der Waals surface area contributed by atoms with E-state index in [-0.39, 0.29) is 12.5 Å². The Morgan fingerprint density at radius 2 is 1.80 bits per heavy atom. The summed E-state index contributed by atoms with van der Waals surface area (Å²) in [6.07, 6.45) is 1.59. The quantitative estimate of drug-likeness (QED) is 0.475. The van der Waals surface area contributed by atoms with E-state index in [2.05, 4.69) is 25.8 Å². The Balaban J connectivity index is 1.41. The number of amides is 1. The maximum absolute atomic E-state index is 12.7. The van der Waals surface area contributed by atoms with Gasteiger partial charge in [-0.2, -0.15) is 4.98 Å². The molecule has 0 spiro atoms. The number of carbonyl (C=O) groups is 1. The lowest BCUT2D eigenvalue weighted by Crippen LogP contribution is -2.14. The van der Waals surface area contributed by atoms with Gasteiger partial charge < -0.3 is 19.9 Å². The smallest absolute Gasteiger partial charge is 0.259 e. The predicted octanol–water partition coefficient (Wildman–Crippen LogP) is 4.35. The van der Waals surface area contributed by atoms with Gasteiger partial charge in [-0.1, -0.05) is 35.5 Å². The molecule has 0 aliphatic rings. The van der Waals surface area contributed by atoms with Gasteiger partial charge in [0.2, 0.25) is 11.7 Å². The Bertz CT molecular complexity index is 1130. The van der Waals surface area contributed by atoms with Gasteiger partial charge in [0.1, 0.15) is 11.6 Å². The highest BCUT2D eigenvalue weighted by Crippen LogP contribution is 2.21. The van der Waals surface area contributed by atoms with Crippen LogP contribution in [-0.4, -0.2) is 21.0 Å². The second-order valence-corrected chi connectivity index (χ2v) is 6.39. The number of pyridine rings is 1. The summed E-state index contributed by atoms with van der Waals surface area (Å²) in [5.41, 5.74) is 1.90. The summed E-state index contributed by atoms with van der Waals surface area (Å²) in [5.74, 6) is 1.66. The van der Waals surface area contributed by atoms with Gasteiger partial charge in [0.05, 0.1) is 17.4 Å². The Hall–Kier alpha value is -4.20. The number of para-hydroxylation sites is 2. The number of hydrogen-bond donors (Lipinski definition) is 2. The van der Waals surface area contributed by atoms with E-state index in [0.29, 0.717) is 34.5 Å². The molecular weight excluding hydrogens is 382 g/mol. The number of rotatable bonds is 7. The fourth-order valence-electron chi connectivity index (χ4n) is 2.73. The van der Waals surface area contributed by atoms with Crippen molar-refractivity contribution in [2.45, 2.75) is 13.5 Å². The molecule has 150 valence electrons. The highest BCUT2D eigenvalue weighted by molar-refractivity contribution is 6.06. The zero-order chi connectivity index (χ0) is 20.8. The van der Waals surface area contributed by atoms with Crippen LogP contribution in [0.3, 0.4) is 0 Å². The zero-order valence-corrected chi connectivity index (χ0v) is 16.2. The first-order valence-corrected chi connectivity index (χ1v) is 9.28. The van der Waals surface area contributed by atoms with Crippen LogP contribution in [-0.2, 0) is 6.61 Å². The molecule has 0 atom stereocenters. The molecule has 0 unspecified atom stereocenters. The molecule has 2 aromatic heterocycles. The average molecular weight is 401 g/mol. The molecule has 0 saturated carbocycles. The van der Waals surface area contributed by atoms with Crippen LogP contribution in [0.25, 0.3) is 0 Å². The molecular formula is C22H19N5O3. The number of anilines is 3. The topological polar surface area (TPSA) is 102 Å². The Kier molecular flexibility index (Phi) is 5.66. The lowest BCUT2D eigenvalue weighted by molar-refractivity contribution is 0.102. The van der Waals surface area contributed by atoms with Crippen molar-refractivity contribution in [1.82, 2.24) is 15.1 Å². The molecule has 30 heavy (non-hydrogen) atoms. The van der Waals surface area contributed by atoms with Crippen molar-refractivity contribution in [3.63, 3.8) is 0 Å². The van der Waals surface area contributed by atoms with Crippen LogP contribution in [0.15, 0.2) is 77.4 Å². The van der Waals surface area contributed by atoms with Crippen molar-refractivity contribution < 1.29 is 14.1 Å². The summed E-state index contributed by atoms with van der Waals surface area (Å²) < 4.78 is 10.6. The maximum atomic E-state index is 12.7. The Labute approximate surface area is 172 Å². The molecule has 0 aliphatic carbocycles. The van der Waals surface area contributed by atoms with Gasteiger partial charge in [0, 0.05) is 12.6 Å². The minimum atomic E-state index is -0.305. The SMILES string of the molecule is Cc1nc(COc2ccccc2C(=O)Nc2ccc(Nc3ccccc3)nc2)no1. The molecule has 0 radical (unpaired) electrons. The molecule has 0 saturated heterocycles. The third kappa shape index (κ3) is 4.79.